The molecule has 7 nitrogen and oxygen atoms in total. The van der Waals surface area contributed by atoms with Crippen LogP contribution in [-0.4, -0.2) is 37.2 Å². The molecule has 168 valence electrons. The Balaban J connectivity index is 2.76. The Labute approximate surface area is 175 Å². The zero-order valence-corrected chi connectivity index (χ0v) is 19.7. The van der Waals surface area contributed by atoms with Gasteiger partial charge in [0.1, 0.15) is 11.8 Å². The van der Waals surface area contributed by atoms with E-state index in [1.54, 1.807) is 20.8 Å². The van der Waals surface area contributed by atoms with Crippen LogP contribution in [0.2, 0.25) is 0 Å². The molecule has 0 saturated heterocycles. The quantitative estimate of drug-likeness (QED) is 0.229. The second-order valence-electron chi connectivity index (χ2n) is 9.06. The Morgan fingerprint density at radius 3 is 2.45 bits per heavy atom. The maximum absolute atomic E-state index is 12.7. The van der Waals surface area contributed by atoms with Gasteiger partial charge in [0, 0.05) is 6.16 Å². The van der Waals surface area contributed by atoms with Gasteiger partial charge in [-0.25, -0.2) is 4.79 Å². The number of esters is 1. The Morgan fingerprint density at radius 1 is 1.24 bits per heavy atom. The third-order valence-corrected chi connectivity index (χ3v) is 5.95. The molecule has 29 heavy (non-hydrogen) atoms. The predicted molar refractivity (Wildman–Crippen MR) is 114 cm³/mol. The van der Waals surface area contributed by atoms with E-state index < -0.39 is 31.9 Å². The smallest absolute Gasteiger partial charge is 0.409 e. The molecule has 1 aliphatic rings. The lowest BCUT2D eigenvalue weighted by atomic mass is 9.91. The highest BCUT2D eigenvalue weighted by Gasteiger charge is 2.28. The first kappa shape index (κ1) is 25.7. The lowest BCUT2D eigenvalue weighted by Gasteiger charge is -2.27. The number of methoxy groups -OCH3 is 1. The largest absolute Gasteiger partial charge is 0.469 e. The van der Waals surface area contributed by atoms with Gasteiger partial charge < -0.3 is 14.0 Å². The fourth-order valence-corrected chi connectivity index (χ4v) is 4.66. The molecule has 0 spiro atoms. The molecule has 0 bridgehead atoms. The number of allylic oxidation sites excluding steroid dienone is 2. The molecular weight excluding hydrogens is 393 g/mol. The number of amides is 1. The van der Waals surface area contributed by atoms with Gasteiger partial charge in [0.15, 0.2) is 8.03 Å². The molecule has 1 aliphatic carbocycles. The van der Waals surface area contributed by atoms with E-state index in [0.717, 1.165) is 19.3 Å². The van der Waals surface area contributed by atoms with Gasteiger partial charge in [0.2, 0.25) is 0 Å². The minimum absolute atomic E-state index is 0.104. The Kier molecular flexibility index (Phi) is 11.0. The summed E-state index contributed by atoms with van der Waals surface area (Å²) in [5.74, 6) is -0.263. The van der Waals surface area contributed by atoms with Crippen LogP contribution in [0.25, 0.3) is 0 Å². The number of nitrogens with one attached hydrogen (secondary N) is 1. The molecule has 1 N–H and O–H groups in total. The number of carbonyl (C=O) groups is 2. The van der Waals surface area contributed by atoms with Crippen molar-refractivity contribution in [2.24, 2.45) is 17.8 Å². The molecule has 1 amide bonds. The van der Waals surface area contributed by atoms with Crippen LogP contribution in [0.4, 0.5) is 4.79 Å². The highest BCUT2D eigenvalue weighted by Crippen LogP contribution is 2.33. The SMILES string of the molecule is COC(=O)C(CC(C)C)C[PH](=O)OC(CC1CC=CCC1)NC(=O)OC(C)(C)C. The van der Waals surface area contributed by atoms with Gasteiger partial charge in [-0.1, -0.05) is 26.0 Å². The van der Waals surface area contributed by atoms with E-state index in [4.69, 9.17) is 14.0 Å². The molecular formula is C21H38NO6P. The first-order chi connectivity index (χ1) is 13.5. The van der Waals surface area contributed by atoms with Crippen LogP contribution in [0.5, 0.6) is 0 Å². The average molecular weight is 432 g/mol. The average Bonchev–Trinajstić information content (AvgIpc) is 2.59. The van der Waals surface area contributed by atoms with Gasteiger partial charge in [-0.2, -0.15) is 0 Å². The molecule has 4 atom stereocenters. The fraction of sp³-hybridized carbons (Fsp3) is 0.810. The van der Waals surface area contributed by atoms with Crippen molar-refractivity contribution in [3.05, 3.63) is 12.2 Å². The summed E-state index contributed by atoms with van der Waals surface area (Å²) in [7, 11) is -1.23. The monoisotopic (exact) mass is 431 g/mol. The lowest BCUT2D eigenvalue weighted by Crippen LogP contribution is -2.41. The van der Waals surface area contributed by atoms with E-state index in [0.29, 0.717) is 18.8 Å². The van der Waals surface area contributed by atoms with Crippen LogP contribution in [-0.2, 0) is 23.4 Å². The number of hydrogen-bond acceptors (Lipinski definition) is 6. The summed E-state index contributed by atoms with van der Waals surface area (Å²) in [6, 6.07) is 0. The van der Waals surface area contributed by atoms with Crippen molar-refractivity contribution in [3.8, 4) is 0 Å². The van der Waals surface area contributed by atoms with Crippen molar-refractivity contribution in [1.82, 2.24) is 5.32 Å². The van der Waals surface area contributed by atoms with Crippen molar-refractivity contribution in [1.29, 1.82) is 0 Å². The third-order valence-electron chi connectivity index (χ3n) is 4.58. The Morgan fingerprint density at radius 2 is 1.93 bits per heavy atom. The summed E-state index contributed by atoms with van der Waals surface area (Å²) < 4.78 is 28.6. The second kappa shape index (κ2) is 12.4. The van der Waals surface area contributed by atoms with Crippen LogP contribution in [0.15, 0.2) is 12.2 Å². The van der Waals surface area contributed by atoms with Gasteiger partial charge in [0.25, 0.3) is 0 Å². The third kappa shape index (κ3) is 11.4. The molecule has 8 heteroatoms. The zero-order valence-electron chi connectivity index (χ0n) is 18.7. The van der Waals surface area contributed by atoms with Crippen molar-refractivity contribution >= 4 is 20.1 Å². The first-order valence-electron chi connectivity index (χ1n) is 10.4. The molecule has 0 aromatic rings. The van der Waals surface area contributed by atoms with Gasteiger partial charge in [-0.05, 0) is 64.7 Å². The van der Waals surface area contributed by atoms with Crippen molar-refractivity contribution in [3.63, 3.8) is 0 Å². The van der Waals surface area contributed by atoms with E-state index in [-0.39, 0.29) is 18.0 Å². The highest BCUT2D eigenvalue weighted by molar-refractivity contribution is 7.39. The van der Waals surface area contributed by atoms with Gasteiger partial charge in [-0.3, -0.25) is 14.7 Å². The minimum Gasteiger partial charge on any atom is -0.469 e. The molecule has 1 rings (SSSR count). The highest BCUT2D eigenvalue weighted by atomic mass is 31.1. The van der Waals surface area contributed by atoms with Gasteiger partial charge in [0.05, 0.1) is 13.0 Å². The molecule has 0 saturated carbocycles. The van der Waals surface area contributed by atoms with E-state index >= 15 is 0 Å². The summed E-state index contributed by atoms with van der Waals surface area (Å²) >= 11 is 0. The summed E-state index contributed by atoms with van der Waals surface area (Å²) in [5, 5.41) is 2.71. The standard InChI is InChI=1S/C21H38NO6P/c1-15(2)12-17(19(23)26-6)14-29(25)28-18(13-16-10-8-7-9-11-16)22-20(24)27-21(3,4)5/h7-8,15-18,29H,9-14H2,1-6H3,(H,22,24). The van der Waals surface area contributed by atoms with Crippen LogP contribution in [0.1, 0.15) is 66.7 Å². The van der Waals surface area contributed by atoms with Gasteiger partial charge >= 0.3 is 12.1 Å². The molecule has 4 unspecified atom stereocenters. The lowest BCUT2D eigenvalue weighted by molar-refractivity contribution is -0.145. The summed E-state index contributed by atoms with van der Waals surface area (Å²) in [6.07, 6.45) is 7.04. The number of rotatable bonds is 10. The molecule has 0 aliphatic heterocycles. The summed E-state index contributed by atoms with van der Waals surface area (Å²) in [5.41, 5.74) is -0.638. The van der Waals surface area contributed by atoms with Crippen LogP contribution < -0.4 is 5.32 Å². The number of hydrogen-bond donors (Lipinski definition) is 1. The predicted octanol–water partition coefficient (Wildman–Crippen LogP) is 4.91. The molecule has 0 aromatic heterocycles. The first-order valence-corrected chi connectivity index (χ1v) is 11.9. The van der Waals surface area contributed by atoms with Crippen LogP contribution in [0.3, 0.4) is 0 Å². The topological polar surface area (TPSA) is 90.9 Å². The zero-order chi connectivity index (χ0) is 22.0. The van der Waals surface area contributed by atoms with Gasteiger partial charge in [-0.15, -0.1) is 0 Å². The molecule has 0 fully saturated rings. The van der Waals surface area contributed by atoms with Crippen molar-refractivity contribution < 1.29 is 28.2 Å². The maximum atomic E-state index is 12.7. The fourth-order valence-electron chi connectivity index (χ4n) is 3.36. The van der Waals surface area contributed by atoms with E-state index in [2.05, 4.69) is 17.5 Å². The second-order valence-corrected chi connectivity index (χ2v) is 10.5. The number of carbonyl (C=O) groups excluding carboxylic acids is 2. The normalized spacial score (nSPS) is 20.0. The van der Waals surface area contributed by atoms with Crippen molar-refractivity contribution in [2.75, 3.05) is 13.3 Å². The van der Waals surface area contributed by atoms with Crippen molar-refractivity contribution in [2.45, 2.75) is 78.6 Å². The molecule has 0 radical (unpaired) electrons. The van der Waals surface area contributed by atoms with Crippen LogP contribution >= 0.6 is 8.03 Å². The molecule has 0 aromatic carbocycles. The minimum atomic E-state index is -2.56. The van der Waals surface area contributed by atoms with Crippen LogP contribution in [0, 0.1) is 17.8 Å². The van der Waals surface area contributed by atoms with E-state index in [9.17, 15) is 14.2 Å². The summed E-state index contributed by atoms with van der Waals surface area (Å²) in [4.78, 5) is 24.2. The number of ether oxygens (including phenoxy) is 2. The summed E-state index contributed by atoms with van der Waals surface area (Å²) in [6.45, 7) is 9.34. The number of alkyl carbamates (subject to hydrolysis) is 1. The van der Waals surface area contributed by atoms with E-state index in [1.165, 1.54) is 7.11 Å². The van der Waals surface area contributed by atoms with E-state index in [1.807, 2.05) is 13.8 Å². The Hall–Kier alpha value is -1.33. The molecule has 0 heterocycles. The Bertz CT molecular complexity index is 584. The maximum Gasteiger partial charge on any atom is 0.409 e.